The second kappa shape index (κ2) is 8.62. The molecule has 0 aliphatic carbocycles. The SMILES string of the molecule is CC[C@H]1c2nnc(C)n2-c2cnc(-c3cnsc3-c3ccc(F)cc3)nc2N1c1cccc(C#N)c1. The van der Waals surface area contributed by atoms with E-state index in [0.717, 1.165) is 45.4 Å². The molecule has 10 heteroatoms. The Morgan fingerprint density at radius 3 is 2.72 bits per heavy atom. The van der Waals surface area contributed by atoms with Gasteiger partial charge in [-0.15, -0.1) is 10.2 Å². The lowest BCUT2D eigenvalue weighted by atomic mass is 10.1. The van der Waals surface area contributed by atoms with Crippen LogP contribution in [0.1, 0.15) is 36.6 Å². The molecular weight excluding hydrogens is 475 g/mol. The Bertz CT molecular complexity index is 1630. The van der Waals surface area contributed by atoms with Crippen molar-refractivity contribution < 1.29 is 4.39 Å². The molecule has 3 aromatic heterocycles. The average Bonchev–Trinajstić information content (AvgIpc) is 3.55. The molecule has 0 spiro atoms. The van der Waals surface area contributed by atoms with Crippen molar-refractivity contribution in [3.63, 3.8) is 0 Å². The Labute approximate surface area is 210 Å². The third-order valence-corrected chi connectivity index (χ3v) is 7.09. The highest BCUT2D eigenvalue weighted by Gasteiger charge is 2.36. The van der Waals surface area contributed by atoms with Crippen LogP contribution in [0.5, 0.6) is 0 Å². The predicted molar refractivity (Wildman–Crippen MR) is 135 cm³/mol. The molecule has 0 saturated carbocycles. The van der Waals surface area contributed by atoms with E-state index in [9.17, 15) is 9.65 Å². The Hall–Kier alpha value is -4.49. The maximum absolute atomic E-state index is 13.5. The lowest BCUT2D eigenvalue weighted by Gasteiger charge is -2.37. The number of hydrogen-bond donors (Lipinski definition) is 0. The molecule has 0 radical (unpaired) electrons. The van der Waals surface area contributed by atoms with Crippen LogP contribution in [0.25, 0.3) is 27.5 Å². The second-order valence-electron chi connectivity index (χ2n) is 8.37. The molecule has 1 atom stereocenters. The van der Waals surface area contributed by atoms with Crippen molar-refractivity contribution in [2.24, 2.45) is 0 Å². The van der Waals surface area contributed by atoms with Crippen molar-refractivity contribution in [1.29, 1.82) is 5.26 Å². The summed E-state index contributed by atoms with van der Waals surface area (Å²) in [5.41, 5.74) is 3.76. The maximum atomic E-state index is 13.5. The number of rotatable bonds is 4. The van der Waals surface area contributed by atoms with Crippen LogP contribution in [-0.4, -0.2) is 29.1 Å². The molecule has 0 N–H and O–H groups in total. The minimum Gasteiger partial charge on any atom is -0.314 e. The van der Waals surface area contributed by atoms with E-state index in [4.69, 9.17) is 9.97 Å². The Kier molecular flexibility index (Phi) is 5.27. The molecule has 8 nitrogen and oxygen atoms in total. The first kappa shape index (κ1) is 22.0. The van der Waals surface area contributed by atoms with Gasteiger partial charge in [-0.25, -0.2) is 14.4 Å². The second-order valence-corrected chi connectivity index (χ2v) is 9.18. The molecule has 0 unspecified atom stereocenters. The number of benzene rings is 2. The van der Waals surface area contributed by atoms with Crippen LogP contribution >= 0.6 is 11.5 Å². The third-order valence-electron chi connectivity index (χ3n) is 6.24. The molecule has 0 saturated heterocycles. The van der Waals surface area contributed by atoms with Crippen LogP contribution in [0.4, 0.5) is 15.9 Å². The van der Waals surface area contributed by atoms with Crippen LogP contribution in [0.2, 0.25) is 0 Å². The minimum atomic E-state index is -0.296. The maximum Gasteiger partial charge on any atom is 0.164 e. The summed E-state index contributed by atoms with van der Waals surface area (Å²) in [5.74, 6) is 2.44. The first-order valence-corrected chi connectivity index (χ1v) is 12.2. The summed E-state index contributed by atoms with van der Waals surface area (Å²) in [6.07, 6.45) is 4.26. The molecule has 0 fully saturated rings. The van der Waals surface area contributed by atoms with E-state index in [1.807, 2.05) is 29.7 Å². The Morgan fingerprint density at radius 2 is 1.94 bits per heavy atom. The van der Waals surface area contributed by atoms with Gasteiger partial charge >= 0.3 is 0 Å². The third kappa shape index (κ3) is 3.44. The molecule has 1 aliphatic rings. The number of nitriles is 1. The van der Waals surface area contributed by atoms with Gasteiger partial charge in [-0.05, 0) is 60.8 Å². The predicted octanol–water partition coefficient (Wildman–Crippen LogP) is 5.77. The van der Waals surface area contributed by atoms with Crippen molar-refractivity contribution in [3.8, 4) is 33.6 Å². The molecular formula is C26H19FN8S. The zero-order valence-corrected chi connectivity index (χ0v) is 20.2. The summed E-state index contributed by atoms with van der Waals surface area (Å²) in [5, 5.41) is 18.3. The number of anilines is 2. The van der Waals surface area contributed by atoms with Crippen LogP contribution in [0, 0.1) is 24.1 Å². The summed E-state index contributed by atoms with van der Waals surface area (Å²) < 4.78 is 19.9. The van der Waals surface area contributed by atoms with E-state index in [1.165, 1.54) is 23.7 Å². The molecule has 4 heterocycles. The molecule has 0 amide bonds. The van der Waals surface area contributed by atoms with Gasteiger partial charge in [-0.3, -0.25) is 4.57 Å². The summed E-state index contributed by atoms with van der Waals surface area (Å²) in [4.78, 5) is 12.7. The highest BCUT2D eigenvalue weighted by molar-refractivity contribution is 7.10. The van der Waals surface area contributed by atoms with Crippen molar-refractivity contribution in [2.45, 2.75) is 26.3 Å². The first-order valence-electron chi connectivity index (χ1n) is 11.4. The molecule has 0 bridgehead atoms. The fraction of sp³-hybridized carbons (Fsp3) is 0.154. The number of fused-ring (bicyclic) bond motifs is 3. The van der Waals surface area contributed by atoms with Crippen LogP contribution in [-0.2, 0) is 0 Å². The minimum absolute atomic E-state index is 0.146. The molecule has 176 valence electrons. The zero-order chi connectivity index (χ0) is 24.8. The highest BCUT2D eigenvalue weighted by Crippen LogP contribution is 2.44. The Balaban J connectivity index is 1.57. The normalized spacial score (nSPS) is 14.3. The lowest BCUT2D eigenvalue weighted by Crippen LogP contribution is -2.32. The van der Waals surface area contributed by atoms with Crippen molar-refractivity contribution in [2.75, 3.05) is 4.90 Å². The highest BCUT2D eigenvalue weighted by atomic mass is 32.1. The van der Waals surface area contributed by atoms with Gasteiger partial charge in [0, 0.05) is 5.69 Å². The summed E-state index contributed by atoms with van der Waals surface area (Å²) in [7, 11) is 0. The van der Waals surface area contributed by atoms with Gasteiger partial charge < -0.3 is 4.90 Å². The molecule has 1 aliphatic heterocycles. The topological polar surface area (TPSA) is 96.4 Å². The van der Waals surface area contributed by atoms with Gasteiger partial charge in [0.05, 0.1) is 40.5 Å². The average molecular weight is 495 g/mol. The molecule has 2 aromatic carbocycles. The van der Waals surface area contributed by atoms with E-state index in [1.54, 1.807) is 30.6 Å². The molecule has 36 heavy (non-hydrogen) atoms. The van der Waals surface area contributed by atoms with Crippen LogP contribution in [0.3, 0.4) is 0 Å². The number of nitrogens with zero attached hydrogens (tertiary/aromatic N) is 8. The largest absolute Gasteiger partial charge is 0.314 e. The van der Waals surface area contributed by atoms with Gasteiger partial charge in [-0.2, -0.15) is 9.64 Å². The summed E-state index contributed by atoms with van der Waals surface area (Å²) in [6.45, 7) is 3.99. The first-order chi connectivity index (χ1) is 17.6. The summed E-state index contributed by atoms with van der Waals surface area (Å²) in [6, 6.07) is 15.8. The zero-order valence-electron chi connectivity index (χ0n) is 19.4. The number of halogens is 1. The van der Waals surface area contributed by atoms with Crippen molar-refractivity contribution in [1.82, 2.24) is 29.1 Å². The lowest BCUT2D eigenvalue weighted by molar-refractivity contribution is 0.588. The van der Waals surface area contributed by atoms with E-state index < -0.39 is 0 Å². The molecule has 5 aromatic rings. The van der Waals surface area contributed by atoms with Crippen LogP contribution < -0.4 is 4.90 Å². The quantitative estimate of drug-likeness (QED) is 0.313. The fourth-order valence-corrected chi connectivity index (χ4v) is 5.33. The number of aromatic nitrogens is 6. The van der Waals surface area contributed by atoms with Gasteiger partial charge in [0.15, 0.2) is 17.5 Å². The van der Waals surface area contributed by atoms with Gasteiger partial charge in [0.1, 0.15) is 17.3 Å². The van der Waals surface area contributed by atoms with Crippen molar-refractivity contribution in [3.05, 3.63) is 84.0 Å². The monoisotopic (exact) mass is 494 g/mol. The fourth-order valence-electron chi connectivity index (χ4n) is 4.59. The van der Waals surface area contributed by atoms with E-state index in [-0.39, 0.29) is 11.9 Å². The molecule has 6 rings (SSSR count). The van der Waals surface area contributed by atoms with Gasteiger partial charge in [-0.1, -0.05) is 25.1 Å². The standard InChI is InChI=1S/C26H19FN8S/c1-3-21-26-33-32-15(2)34(26)22-14-29-24(20-13-30-36-23(20)17-7-9-18(27)10-8-17)31-25(22)35(21)19-6-4-5-16(11-19)12-28/h4-11,13-14,21H,3H2,1-2H3/t21-/m0/s1. The van der Waals surface area contributed by atoms with E-state index >= 15 is 0 Å². The number of aryl methyl sites for hydroxylation is 1. The van der Waals surface area contributed by atoms with E-state index in [0.29, 0.717) is 17.2 Å². The van der Waals surface area contributed by atoms with E-state index in [2.05, 4.69) is 32.5 Å². The van der Waals surface area contributed by atoms with Gasteiger partial charge in [0.25, 0.3) is 0 Å². The number of hydrogen-bond acceptors (Lipinski definition) is 8. The van der Waals surface area contributed by atoms with Gasteiger partial charge in [0.2, 0.25) is 0 Å². The Morgan fingerprint density at radius 1 is 1.11 bits per heavy atom. The summed E-state index contributed by atoms with van der Waals surface area (Å²) >= 11 is 1.31. The van der Waals surface area contributed by atoms with Crippen molar-refractivity contribution >= 4 is 23.0 Å². The smallest absolute Gasteiger partial charge is 0.164 e. The van der Waals surface area contributed by atoms with Crippen LogP contribution in [0.15, 0.2) is 60.9 Å².